The number of hydrogen-bond donors (Lipinski definition) is 1. The van der Waals surface area contributed by atoms with Gasteiger partial charge in [-0.25, -0.2) is 4.79 Å². The normalized spacial score (nSPS) is 12.2. The van der Waals surface area contributed by atoms with Gasteiger partial charge in [-0.3, -0.25) is 14.5 Å². The molecule has 0 fully saturated rings. The fourth-order valence-corrected chi connectivity index (χ4v) is 6.94. The molecule has 1 unspecified atom stereocenters. The van der Waals surface area contributed by atoms with Crippen LogP contribution in [0.4, 0.5) is 4.79 Å². The average molecular weight is 781 g/mol. The summed E-state index contributed by atoms with van der Waals surface area (Å²) in [6.07, 6.45) is 33.8. The highest BCUT2D eigenvalue weighted by Gasteiger charge is 2.17. The molecule has 0 aliphatic rings. The van der Waals surface area contributed by atoms with E-state index < -0.39 is 12.1 Å². The number of nitrogens with zero attached hydrogens (tertiary/aromatic N) is 2. The summed E-state index contributed by atoms with van der Waals surface area (Å²) in [6, 6.07) is 0. The summed E-state index contributed by atoms with van der Waals surface area (Å²) in [5.74, 6) is -0.846. The Bertz CT molecular complexity index is 896. The maximum atomic E-state index is 12.8. The van der Waals surface area contributed by atoms with E-state index in [4.69, 9.17) is 19.3 Å². The largest absolute Gasteiger partial charge is 0.508 e. The molecule has 55 heavy (non-hydrogen) atoms. The molecule has 1 atom stereocenters. The third-order valence-corrected chi connectivity index (χ3v) is 10.6. The Kier molecular flexibility index (Phi) is 39.9. The summed E-state index contributed by atoms with van der Waals surface area (Å²) in [4.78, 5) is 40.6. The number of rotatable bonds is 42. The molecule has 0 heterocycles. The van der Waals surface area contributed by atoms with Crippen molar-refractivity contribution in [2.75, 3.05) is 52.5 Å². The lowest BCUT2D eigenvalue weighted by atomic mass is 10.0. The van der Waals surface area contributed by atoms with Crippen molar-refractivity contribution >= 4 is 18.1 Å². The number of carboxylic acids is 1. The Morgan fingerprint density at radius 1 is 0.509 bits per heavy atom. The maximum Gasteiger partial charge on any atom is 0.508 e. The van der Waals surface area contributed by atoms with Gasteiger partial charge in [0.25, 0.3) is 0 Å². The number of esters is 1. The van der Waals surface area contributed by atoms with Crippen LogP contribution in [-0.2, 0) is 23.8 Å². The van der Waals surface area contributed by atoms with Gasteiger partial charge in [0.15, 0.2) is 0 Å². The third-order valence-electron chi connectivity index (χ3n) is 10.6. The van der Waals surface area contributed by atoms with Gasteiger partial charge in [0.05, 0.1) is 0 Å². The molecular weight excluding hydrogens is 693 g/mol. The molecular formula is C46H88N2O7. The van der Waals surface area contributed by atoms with E-state index in [2.05, 4.69) is 49.6 Å². The van der Waals surface area contributed by atoms with Crippen LogP contribution in [0.25, 0.3) is 0 Å². The lowest BCUT2D eigenvalue weighted by Gasteiger charge is -2.24. The van der Waals surface area contributed by atoms with E-state index in [9.17, 15) is 14.4 Å². The molecule has 0 spiro atoms. The van der Waals surface area contributed by atoms with Crippen molar-refractivity contribution in [2.24, 2.45) is 0 Å². The fourth-order valence-electron chi connectivity index (χ4n) is 6.94. The van der Waals surface area contributed by atoms with E-state index in [1.54, 1.807) is 0 Å². The molecule has 0 aromatic rings. The second kappa shape index (κ2) is 41.5. The number of carbonyl (C=O) groups is 3. The van der Waals surface area contributed by atoms with E-state index in [0.29, 0.717) is 26.1 Å². The predicted octanol–water partition coefficient (Wildman–Crippen LogP) is 12.3. The summed E-state index contributed by atoms with van der Waals surface area (Å²) in [5, 5.41) is 8.81. The zero-order chi connectivity index (χ0) is 40.5. The van der Waals surface area contributed by atoms with Crippen molar-refractivity contribution in [3.63, 3.8) is 0 Å². The molecule has 324 valence electrons. The van der Waals surface area contributed by atoms with Gasteiger partial charge in [-0.1, -0.05) is 136 Å². The summed E-state index contributed by atoms with van der Waals surface area (Å²) < 4.78 is 17.0. The lowest BCUT2D eigenvalue weighted by Crippen LogP contribution is -2.35. The molecule has 0 aromatic heterocycles. The Balaban J connectivity index is 4.47. The van der Waals surface area contributed by atoms with Crippen molar-refractivity contribution in [3.8, 4) is 0 Å². The van der Waals surface area contributed by atoms with Gasteiger partial charge in [0.1, 0.15) is 19.3 Å². The van der Waals surface area contributed by atoms with Crippen LogP contribution in [0.2, 0.25) is 0 Å². The monoisotopic (exact) mass is 781 g/mol. The molecule has 0 rings (SSSR count). The number of carbonyl (C=O) groups excluding carboxylic acids is 2. The fraction of sp³-hybridized carbons (Fsp3) is 0.891. The smallest absolute Gasteiger partial charge is 0.481 e. The molecule has 0 aliphatic heterocycles. The first kappa shape index (κ1) is 52.9. The van der Waals surface area contributed by atoms with E-state index >= 15 is 0 Å². The number of unbranched alkanes of at least 4 members (excludes halogenated alkanes) is 19. The SMILES string of the molecule is CCCCCCCC/C=C\CCCCCCCC(=O)OCCN(CCCN(CC)CC)CCOC(=O)OC(CCCCCC)CCCCCCCCC(=O)O. The molecule has 0 aliphatic carbocycles. The Hall–Kier alpha value is -2.13. The lowest BCUT2D eigenvalue weighted by molar-refractivity contribution is -0.144. The molecule has 0 aromatic carbocycles. The number of hydrogen-bond acceptors (Lipinski definition) is 8. The second-order valence-corrected chi connectivity index (χ2v) is 15.5. The summed E-state index contributed by atoms with van der Waals surface area (Å²) in [7, 11) is 0. The van der Waals surface area contributed by atoms with Crippen LogP contribution in [-0.4, -0.2) is 91.6 Å². The van der Waals surface area contributed by atoms with Crippen LogP contribution < -0.4 is 0 Å². The first-order valence-electron chi connectivity index (χ1n) is 23.2. The number of ether oxygens (including phenoxy) is 3. The standard InChI is InChI=1S/C46H88N2O7/c1-5-9-11-13-14-15-16-17-18-19-20-21-22-27-31-36-45(51)53-41-39-48(38-32-37-47(7-3)8-4)40-42-54-46(52)55-43(33-28-12-10-6-2)34-29-25-23-24-26-30-35-44(49)50/h17-18,43H,5-16,19-42H2,1-4H3,(H,49,50)/b18-17-. The zero-order valence-corrected chi connectivity index (χ0v) is 36.5. The average Bonchev–Trinajstić information content (AvgIpc) is 3.17. The minimum absolute atomic E-state index is 0.122. The van der Waals surface area contributed by atoms with Crippen molar-refractivity contribution in [1.82, 2.24) is 9.80 Å². The van der Waals surface area contributed by atoms with Gasteiger partial charge in [0, 0.05) is 25.9 Å². The van der Waals surface area contributed by atoms with Crippen LogP contribution in [0, 0.1) is 0 Å². The highest BCUT2D eigenvalue weighted by molar-refractivity contribution is 5.69. The summed E-state index contributed by atoms with van der Waals surface area (Å²) in [6.45, 7) is 14.5. The van der Waals surface area contributed by atoms with E-state index in [0.717, 1.165) is 122 Å². The number of aliphatic carboxylic acids is 1. The molecule has 0 saturated carbocycles. The van der Waals surface area contributed by atoms with Crippen molar-refractivity contribution in [2.45, 2.75) is 214 Å². The van der Waals surface area contributed by atoms with Gasteiger partial charge in [-0.05, 0) is 96.8 Å². The van der Waals surface area contributed by atoms with Gasteiger partial charge in [-0.15, -0.1) is 0 Å². The second-order valence-electron chi connectivity index (χ2n) is 15.5. The molecule has 0 amide bonds. The molecule has 0 radical (unpaired) electrons. The van der Waals surface area contributed by atoms with Gasteiger partial charge >= 0.3 is 18.1 Å². The zero-order valence-electron chi connectivity index (χ0n) is 36.5. The minimum Gasteiger partial charge on any atom is -0.481 e. The van der Waals surface area contributed by atoms with E-state index in [-0.39, 0.29) is 25.1 Å². The highest BCUT2D eigenvalue weighted by Crippen LogP contribution is 2.17. The summed E-state index contributed by atoms with van der Waals surface area (Å²) >= 11 is 0. The number of carboxylic acid groups (broad SMARTS) is 1. The topological polar surface area (TPSA) is 106 Å². The van der Waals surface area contributed by atoms with Crippen LogP contribution in [0.3, 0.4) is 0 Å². The quantitative estimate of drug-likeness (QED) is 0.0368. The Morgan fingerprint density at radius 3 is 1.51 bits per heavy atom. The van der Waals surface area contributed by atoms with E-state index in [1.165, 1.54) is 70.6 Å². The molecule has 9 nitrogen and oxygen atoms in total. The third kappa shape index (κ3) is 38.5. The predicted molar refractivity (Wildman–Crippen MR) is 229 cm³/mol. The van der Waals surface area contributed by atoms with Gasteiger partial charge in [0.2, 0.25) is 0 Å². The van der Waals surface area contributed by atoms with Crippen molar-refractivity contribution < 1.29 is 33.7 Å². The summed E-state index contributed by atoms with van der Waals surface area (Å²) in [5.41, 5.74) is 0. The first-order chi connectivity index (χ1) is 26.9. The first-order valence-corrected chi connectivity index (χ1v) is 23.2. The van der Waals surface area contributed by atoms with Gasteiger partial charge < -0.3 is 24.2 Å². The van der Waals surface area contributed by atoms with Crippen molar-refractivity contribution in [1.29, 1.82) is 0 Å². The minimum atomic E-state index is -0.724. The Morgan fingerprint density at radius 2 is 0.964 bits per heavy atom. The van der Waals surface area contributed by atoms with Crippen molar-refractivity contribution in [3.05, 3.63) is 12.2 Å². The number of allylic oxidation sites excluding steroid dienone is 2. The van der Waals surface area contributed by atoms with Crippen LogP contribution in [0.15, 0.2) is 12.2 Å². The van der Waals surface area contributed by atoms with E-state index in [1.807, 2.05) is 0 Å². The Labute approximate surface area is 339 Å². The highest BCUT2D eigenvalue weighted by atomic mass is 16.7. The van der Waals surface area contributed by atoms with Gasteiger partial charge in [-0.2, -0.15) is 0 Å². The molecule has 0 bridgehead atoms. The molecule has 1 N–H and O–H groups in total. The van der Waals surface area contributed by atoms with Crippen LogP contribution >= 0.6 is 0 Å². The van der Waals surface area contributed by atoms with Crippen LogP contribution in [0.5, 0.6) is 0 Å². The molecule has 9 heteroatoms. The molecule has 0 saturated heterocycles. The van der Waals surface area contributed by atoms with Crippen LogP contribution in [0.1, 0.15) is 207 Å². The maximum absolute atomic E-state index is 12.8.